The quantitative estimate of drug-likeness (QED) is 0.184. The average molecular weight is 490 g/mol. The second-order valence-corrected chi connectivity index (χ2v) is 8.56. The lowest BCUT2D eigenvalue weighted by molar-refractivity contribution is 0.0728. The van der Waals surface area contributed by atoms with Gasteiger partial charge in [0.25, 0.3) is 0 Å². The lowest BCUT2D eigenvalue weighted by Gasteiger charge is -2.11. The highest BCUT2D eigenvalue weighted by molar-refractivity contribution is 5.92. The van der Waals surface area contributed by atoms with E-state index in [4.69, 9.17) is 9.47 Å². The predicted octanol–water partition coefficient (Wildman–Crippen LogP) is 6.78. The van der Waals surface area contributed by atoms with Crippen molar-refractivity contribution in [3.05, 3.63) is 113 Å². The number of carbonyl (C=O) groups is 1. The van der Waals surface area contributed by atoms with Crippen LogP contribution in [0.2, 0.25) is 0 Å². The van der Waals surface area contributed by atoms with Crippen LogP contribution < -0.4 is 4.74 Å². The smallest absolute Gasteiger partial charge is 0.346 e. The molecule has 5 rings (SSSR count). The number of halogens is 3. The van der Waals surface area contributed by atoms with Crippen LogP contribution >= 0.6 is 0 Å². The molecule has 0 radical (unpaired) electrons. The molecule has 1 aliphatic heterocycles. The average Bonchev–Trinajstić information content (AvgIpc) is 3.71. The first-order chi connectivity index (χ1) is 17.3. The van der Waals surface area contributed by atoms with Crippen molar-refractivity contribution in [2.75, 3.05) is 6.61 Å². The van der Waals surface area contributed by atoms with Gasteiger partial charge >= 0.3 is 5.97 Å². The van der Waals surface area contributed by atoms with Crippen molar-refractivity contribution in [3.8, 4) is 28.0 Å². The minimum atomic E-state index is -1.32. The van der Waals surface area contributed by atoms with E-state index in [1.54, 1.807) is 55.5 Å². The lowest BCUT2D eigenvalue weighted by atomic mass is 10.00. The molecule has 182 valence electrons. The maximum absolute atomic E-state index is 14.8. The van der Waals surface area contributed by atoms with E-state index in [0.29, 0.717) is 34.4 Å². The van der Waals surface area contributed by atoms with E-state index >= 15 is 0 Å². The zero-order valence-corrected chi connectivity index (χ0v) is 19.2. The number of aliphatic hydroxyl groups is 1. The van der Waals surface area contributed by atoms with E-state index in [1.807, 2.05) is 0 Å². The summed E-state index contributed by atoms with van der Waals surface area (Å²) in [5, 5.41) is 9.61. The molecule has 4 aromatic carbocycles. The third-order valence-corrected chi connectivity index (χ3v) is 6.09. The molecule has 1 N–H and O–H groups in total. The monoisotopic (exact) mass is 490 g/mol. The van der Waals surface area contributed by atoms with Gasteiger partial charge in [0.15, 0.2) is 11.6 Å². The maximum atomic E-state index is 14.8. The minimum absolute atomic E-state index is 0.0166. The summed E-state index contributed by atoms with van der Waals surface area (Å²) >= 11 is 0. The summed E-state index contributed by atoms with van der Waals surface area (Å²) in [5.74, 6) is -3.76. The maximum Gasteiger partial charge on any atom is 0.346 e. The van der Waals surface area contributed by atoms with Gasteiger partial charge in [-0.25, -0.2) is 18.0 Å². The molecule has 1 heterocycles. The third kappa shape index (κ3) is 4.76. The van der Waals surface area contributed by atoms with Crippen LogP contribution in [0.5, 0.6) is 5.75 Å². The van der Waals surface area contributed by atoms with Gasteiger partial charge in [-0.2, -0.15) is 0 Å². The Morgan fingerprint density at radius 2 is 1.53 bits per heavy atom. The Hall–Kier alpha value is -3.94. The second-order valence-electron chi connectivity index (χ2n) is 8.56. The first-order valence-corrected chi connectivity index (χ1v) is 11.3. The molecule has 4 aromatic rings. The van der Waals surface area contributed by atoms with Crippen LogP contribution in [0.15, 0.2) is 78.9 Å². The topological polar surface area (TPSA) is 59.1 Å². The normalized spacial score (nSPS) is 15.4. The molecule has 0 amide bonds. The van der Waals surface area contributed by atoms with Gasteiger partial charge in [-0.1, -0.05) is 54.6 Å². The Bertz CT molecular complexity index is 1430. The Kier molecular flexibility index (Phi) is 6.35. The number of ether oxygens (including phenoxy) is 2. The first-order valence-electron chi connectivity index (χ1n) is 11.3. The summed E-state index contributed by atoms with van der Waals surface area (Å²) in [5.41, 5.74) is 2.33. The molecule has 0 spiro atoms. The number of esters is 1. The third-order valence-electron chi connectivity index (χ3n) is 6.09. The number of aliphatic hydroxyl groups excluding tert-OH is 1. The molecule has 7 heteroatoms. The Morgan fingerprint density at radius 3 is 2.14 bits per heavy atom. The molecule has 2 unspecified atom stereocenters. The van der Waals surface area contributed by atoms with Crippen molar-refractivity contribution >= 4 is 5.97 Å². The highest BCUT2D eigenvalue weighted by Crippen LogP contribution is 2.34. The van der Waals surface area contributed by atoms with Crippen LogP contribution in [-0.4, -0.2) is 17.7 Å². The molecule has 1 aliphatic rings. The van der Waals surface area contributed by atoms with Crippen LogP contribution in [0.3, 0.4) is 0 Å². The van der Waals surface area contributed by atoms with E-state index in [2.05, 4.69) is 0 Å². The Balaban J connectivity index is 1.31. The predicted molar refractivity (Wildman–Crippen MR) is 128 cm³/mol. The lowest BCUT2D eigenvalue weighted by Crippen LogP contribution is -2.12. The molecular formula is C29H21F3O4. The molecule has 0 aromatic heterocycles. The van der Waals surface area contributed by atoms with E-state index in [0.717, 1.165) is 0 Å². The molecule has 4 nitrogen and oxygen atoms in total. The van der Waals surface area contributed by atoms with Crippen molar-refractivity contribution in [3.63, 3.8) is 0 Å². The molecule has 1 fully saturated rings. The van der Waals surface area contributed by atoms with Crippen LogP contribution in [-0.2, 0) is 4.74 Å². The fourth-order valence-corrected chi connectivity index (χ4v) is 3.94. The molecule has 2 atom stereocenters. The summed E-state index contributed by atoms with van der Waals surface area (Å²) < 4.78 is 54.2. The number of epoxide rings is 1. The number of hydrogen-bond acceptors (Lipinski definition) is 4. The zero-order valence-electron chi connectivity index (χ0n) is 19.2. The van der Waals surface area contributed by atoms with Gasteiger partial charge in [0, 0.05) is 11.1 Å². The van der Waals surface area contributed by atoms with Gasteiger partial charge in [0.05, 0.1) is 18.3 Å². The van der Waals surface area contributed by atoms with E-state index < -0.39 is 29.3 Å². The van der Waals surface area contributed by atoms with Gasteiger partial charge in [-0.05, 0) is 53.4 Å². The second kappa shape index (κ2) is 9.60. The number of carbonyl (C=O) groups excluding carboxylic acids is 1. The SMILES string of the molecule is CC(O)c1ccc(-c2ccc(C(=O)Oc3ccc(-c4ccc(C5CO5)c(F)c4)cc3)c(F)c2F)cc1. The summed E-state index contributed by atoms with van der Waals surface area (Å²) in [6.45, 7) is 2.12. The fourth-order valence-electron chi connectivity index (χ4n) is 3.94. The molecular weight excluding hydrogens is 469 g/mol. The van der Waals surface area contributed by atoms with E-state index in [9.17, 15) is 23.1 Å². The largest absolute Gasteiger partial charge is 0.423 e. The number of hydrogen-bond donors (Lipinski definition) is 1. The van der Waals surface area contributed by atoms with Crippen LogP contribution in [0.1, 0.15) is 40.6 Å². The van der Waals surface area contributed by atoms with Gasteiger partial charge in [-0.3, -0.25) is 0 Å². The van der Waals surface area contributed by atoms with Gasteiger partial charge in [-0.15, -0.1) is 0 Å². The first kappa shape index (κ1) is 23.8. The van der Waals surface area contributed by atoms with Crippen molar-refractivity contribution in [1.29, 1.82) is 0 Å². The van der Waals surface area contributed by atoms with E-state index in [-0.39, 0.29) is 23.2 Å². The fraction of sp³-hybridized carbons (Fsp3) is 0.138. The van der Waals surface area contributed by atoms with Gasteiger partial charge < -0.3 is 14.6 Å². The highest BCUT2D eigenvalue weighted by atomic mass is 19.2. The summed E-state index contributed by atoms with van der Waals surface area (Å²) in [7, 11) is 0. The Morgan fingerprint density at radius 1 is 0.889 bits per heavy atom. The van der Waals surface area contributed by atoms with Crippen LogP contribution in [0.25, 0.3) is 22.3 Å². The minimum Gasteiger partial charge on any atom is -0.423 e. The highest BCUT2D eigenvalue weighted by Gasteiger charge is 2.28. The van der Waals surface area contributed by atoms with Crippen molar-refractivity contribution < 1.29 is 32.5 Å². The van der Waals surface area contributed by atoms with Gasteiger partial charge in [0.2, 0.25) is 0 Å². The molecule has 36 heavy (non-hydrogen) atoms. The number of benzene rings is 4. The number of rotatable bonds is 6. The van der Waals surface area contributed by atoms with Crippen molar-refractivity contribution in [1.82, 2.24) is 0 Å². The standard InChI is InChI=1S/C29H21F3O4/c1-16(33)17-2-4-19(5-3-17)22-12-13-24(28(32)27(22)31)29(34)36-21-9-6-18(7-10-21)20-8-11-23(25(30)14-20)26-15-35-26/h2-14,16,26,33H,15H2,1H3. The summed E-state index contributed by atoms with van der Waals surface area (Å²) in [4.78, 5) is 12.5. The molecule has 0 aliphatic carbocycles. The zero-order chi connectivity index (χ0) is 25.4. The summed E-state index contributed by atoms with van der Waals surface area (Å²) in [6.07, 6.45) is -0.869. The Labute approximate surface area is 205 Å². The molecule has 0 bridgehead atoms. The molecule has 1 saturated heterocycles. The molecule has 0 saturated carbocycles. The van der Waals surface area contributed by atoms with Crippen molar-refractivity contribution in [2.45, 2.75) is 19.1 Å². The van der Waals surface area contributed by atoms with Crippen LogP contribution in [0, 0.1) is 17.5 Å². The van der Waals surface area contributed by atoms with Gasteiger partial charge in [0.1, 0.15) is 17.7 Å². The summed E-state index contributed by atoms with van der Waals surface area (Å²) in [6, 6.07) is 20.0. The van der Waals surface area contributed by atoms with E-state index in [1.165, 1.54) is 30.3 Å². The van der Waals surface area contributed by atoms with Crippen molar-refractivity contribution in [2.24, 2.45) is 0 Å². The van der Waals surface area contributed by atoms with Crippen LogP contribution in [0.4, 0.5) is 13.2 Å².